The maximum atomic E-state index is 13.0. The van der Waals surface area contributed by atoms with E-state index in [1.165, 1.54) is 6.07 Å². The summed E-state index contributed by atoms with van der Waals surface area (Å²) >= 11 is 0. The lowest BCUT2D eigenvalue weighted by Crippen LogP contribution is -2.23. The van der Waals surface area contributed by atoms with Crippen LogP contribution in [0.3, 0.4) is 0 Å². The fourth-order valence-electron chi connectivity index (χ4n) is 1.87. The van der Waals surface area contributed by atoms with Crippen molar-refractivity contribution in [1.29, 1.82) is 0 Å². The van der Waals surface area contributed by atoms with Crippen LogP contribution < -0.4 is 10.2 Å². The summed E-state index contributed by atoms with van der Waals surface area (Å²) < 4.78 is 13.0. The second-order valence-corrected chi connectivity index (χ2v) is 3.52. The van der Waals surface area contributed by atoms with E-state index in [2.05, 4.69) is 17.1 Å². The van der Waals surface area contributed by atoms with Crippen LogP contribution in [0.25, 0.3) is 0 Å². The molecule has 0 unspecified atom stereocenters. The maximum absolute atomic E-state index is 13.0. The average molecular weight is 194 g/mol. The first-order chi connectivity index (χ1) is 6.81. The molecular formula is C11H15FN2. The van der Waals surface area contributed by atoms with Gasteiger partial charge in [0.2, 0.25) is 0 Å². The van der Waals surface area contributed by atoms with E-state index in [4.69, 9.17) is 0 Å². The Morgan fingerprint density at radius 1 is 1.50 bits per heavy atom. The number of halogens is 1. The van der Waals surface area contributed by atoms with Crippen LogP contribution in [-0.2, 0) is 0 Å². The van der Waals surface area contributed by atoms with Gasteiger partial charge in [-0.3, -0.25) is 0 Å². The van der Waals surface area contributed by atoms with Gasteiger partial charge >= 0.3 is 0 Å². The first kappa shape index (κ1) is 9.31. The number of benzene rings is 1. The molecule has 1 aromatic carbocycles. The van der Waals surface area contributed by atoms with Gasteiger partial charge in [-0.2, -0.15) is 0 Å². The predicted molar refractivity (Wildman–Crippen MR) is 57.4 cm³/mol. The summed E-state index contributed by atoms with van der Waals surface area (Å²) in [5, 5.41) is 3.25. The van der Waals surface area contributed by atoms with Crippen molar-refractivity contribution in [2.75, 3.05) is 29.9 Å². The molecule has 1 aliphatic rings. The summed E-state index contributed by atoms with van der Waals surface area (Å²) in [4.78, 5) is 2.27. The second kappa shape index (κ2) is 3.86. The van der Waals surface area contributed by atoms with Gasteiger partial charge in [-0.25, -0.2) is 4.39 Å². The van der Waals surface area contributed by atoms with Crippen LogP contribution in [0.1, 0.15) is 13.3 Å². The number of nitrogens with zero attached hydrogens (tertiary/aromatic N) is 1. The van der Waals surface area contributed by atoms with Gasteiger partial charge in [0.1, 0.15) is 5.82 Å². The van der Waals surface area contributed by atoms with Crippen LogP contribution in [0, 0.1) is 5.82 Å². The molecule has 0 aromatic heterocycles. The lowest BCUT2D eigenvalue weighted by molar-refractivity contribution is 0.628. The minimum Gasteiger partial charge on any atom is -0.383 e. The van der Waals surface area contributed by atoms with Crippen molar-refractivity contribution in [2.24, 2.45) is 0 Å². The fraction of sp³-hybridized carbons (Fsp3) is 0.455. The third-order valence-electron chi connectivity index (χ3n) is 2.60. The van der Waals surface area contributed by atoms with E-state index in [-0.39, 0.29) is 5.82 Å². The molecule has 0 saturated heterocycles. The highest BCUT2D eigenvalue weighted by Crippen LogP contribution is 2.28. The minimum absolute atomic E-state index is 0.172. The first-order valence-electron chi connectivity index (χ1n) is 5.09. The number of nitrogens with one attached hydrogen (secondary N) is 1. The fourth-order valence-corrected chi connectivity index (χ4v) is 1.87. The lowest BCUT2D eigenvalue weighted by Gasteiger charge is -2.22. The summed E-state index contributed by atoms with van der Waals surface area (Å²) in [6.45, 7) is 5.06. The van der Waals surface area contributed by atoms with Crippen LogP contribution >= 0.6 is 0 Å². The average Bonchev–Trinajstić information content (AvgIpc) is 2.38. The summed E-state index contributed by atoms with van der Waals surface area (Å²) in [5.74, 6) is -0.172. The highest BCUT2D eigenvalue weighted by molar-refractivity contribution is 5.70. The molecular weight excluding hydrogens is 179 g/mol. The Morgan fingerprint density at radius 2 is 2.36 bits per heavy atom. The SMILES string of the molecule is CCN1CCCNc2cc(F)ccc21. The molecule has 14 heavy (non-hydrogen) atoms. The van der Waals surface area contributed by atoms with Crippen molar-refractivity contribution in [1.82, 2.24) is 0 Å². The summed E-state index contributed by atoms with van der Waals surface area (Å²) in [5.41, 5.74) is 2.04. The van der Waals surface area contributed by atoms with Gasteiger partial charge in [0.15, 0.2) is 0 Å². The Kier molecular flexibility index (Phi) is 2.57. The monoisotopic (exact) mass is 194 g/mol. The summed E-state index contributed by atoms with van der Waals surface area (Å²) in [6, 6.07) is 4.95. The van der Waals surface area contributed by atoms with Crippen LogP contribution in [-0.4, -0.2) is 19.6 Å². The van der Waals surface area contributed by atoms with Gasteiger partial charge in [-0.1, -0.05) is 0 Å². The molecule has 3 heteroatoms. The zero-order chi connectivity index (χ0) is 9.97. The smallest absolute Gasteiger partial charge is 0.125 e. The van der Waals surface area contributed by atoms with E-state index in [9.17, 15) is 4.39 Å². The van der Waals surface area contributed by atoms with Gasteiger partial charge in [-0.05, 0) is 31.5 Å². The van der Waals surface area contributed by atoms with E-state index in [1.807, 2.05) is 6.07 Å². The van der Waals surface area contributed by atoms with Gasteiger partial charge in [0, 0.05) is 19.6 Å². The first-order valence-corrected chi connectivity index (χ1v) is 5.09. The quantitative estimate of drug-likeness (QED) is 0.738. The van der Waals surface area contributed by atoms with Crippen molar-refractivity contribution >= 4 is 11.4 Å². The van der Waals surface area contributed by atoms with Crippen molar-refractivity contribution < 1.29 is 4.39 Å². The van der Waals surface area contributed by atoms with Crippen molar-refractivity contribution in [3.05, 3.63) is 24.0 Å². The molecule has 1 heterocycles. The summed E-state index contributed by atoms with van der Waals surface area (Å²) in [6.07, 6.45) is 1.10. The molecule has 0 radical (unpaired) electrons. The van der Waals surface area contributed by atoms with E-state index >= 15 is 0 Å². The van der Waals surface area contributed by atoms with Crippen molar-refractivity contribution in [2.45, 2.75) is 13.3 Å². The van der Waals surface area contributed by atoms with Gasteiger partial charge < -0.3 is 10.2 Å². The summed E-state index contributed by atoms with van der Waals surface area (Å²) in [7, 11) is 0. The Morgan fingerprint density at radius 3 is 3.14 bits per heavy atom. The molecule has 0 spiro atoms. The molecule has 0 aliphatic carbocycles. The molecule has 2 rings (SSSR count). The van der Waals surface area contributed by atoms with Gasteiger partial charge in [0.05, 0.1) is 11.4 Å². The number of hydrogen-bond acceptors (Lipinski definition) is 2. The highest BCUT2D eigenvalue weighted by atomic mass is 19.1. The van der Waals surface area contributed by atoms with E-state index in [1.54, 1.807) is 6.07 Å². The Labute approximate surface area is 83.7 Å². The lowest BCUT2D eigenvalue weighted by atomic mass is 10.2. The molecule has 2 nitrogen and oxygen atoms in total. The van der Waals surface area contributed by atoms with Crippen LogP contribution in [0.2, 0.25) is 0 Å². The van der Waals surface area contributed by atoms with Crippen LogP contribution in [0.5, 0.6) is 0 Å². The van der Waals surface area contributed by atoms with Gasteiger partial charge in [0.25, 0.3) is 0 Å². The molecule has 0 bridgehead atoms. The Bertz CT molecular complexity index is 325. The number of hydrogen-bond donors (Lipinski definition) is 1. The third-order valence-corrected chi connectivity index (χ3v) is 2.60. The molecule has 1 N–H and O–H groups in total. The zero-order valence-corrected chi connectivity index (χ0v) is 8.39. The Hall–Kier alpha value is -1.25. The van der Waals surface area contributed by atoms with Crippen molar-refractivity contribution in [3.8, 4) is 0 Å². The topological polar surface area (TPSA) is 15.3 Å². The highest BCUT2D eigenvalue weighted by Gasteiger charge is 2.13. The maximum Gasteiger partial charge on any atom is 0.125 e. The molecule has 0 fully saturated rings. The molecule has 76 valence electrons. The predicted octanol–water partition coefficient (Wildman–Crippen LogP) is 2.47. The van der Waals surface area contributed by atoms with Crippen LogP contribution in [0.4, 0.5) is 15.8 Å². The number of rotatable bonds is 1. The minimum atomic E-state index is -0.172. The zero-order valence-electron chi connectivity index (χ0n) is 8.39. The molecule has 1 aromatic rings. The normalized spacial score (nSPS) is 15.7. The standard InChI is InChI=1S/C11H15FN2/c1-2-14-7-3-6-13-10-8-9(12)4-5-11(10)14/h4-5,8,13H,2-3,6-7H2,1H3. The van der Waals surface area contributed by atoms with Crippen molar-refractivity contribution in [3.63, 3.8) is 0 Å². The molecule has 1 aliphatic heterocycles. The third kappa shape index (κ3) is 1.67. The van der Waals surface area contributed by atoms with Gasteiger partial charge in [-0.15, -0.1) is 0 Å². The Balaban J connectivity index is 2.39. The van der Waals surface area contributed by atoms with E-state index in [0.717, 1.165) is 37.4 Å². The molecule has 0 atom stereocenters. The largest absolute Gasteiger partial charge is 0.383 e. The second-order valence-electron chi connectivity index (χ2n) is 3.52. The molecule has 0 saturated carbocycles. The molecule has 0 amide bonds. The van der Waals surface area contributed by atoms with E-state index in [0.29, 0.717) is 0 Å². The number of anilines is 2. The number of fused-ring (bicyclic) bond motifs is 1. The van der Waals surface area contributed by atoms with Crippen LogP contribution in [0.15, 0.2) is 18.2 Å². The van der Waals surface area contributed by atoms with E-state index < -0.39 is 0 Å².